The van der Waals surface area contributed by atoms with E-state index >= 15 is 0 Å². The number of ether oxygens (including phenoxy) is 1. The first-order chi connectivity index (χ1) is 11.5. The molecule has 0 aromatic heterocycles. The lowest BCUT2D eigenvalue weighted by molar-refractivity contribution is -0.126. The van der Waals surface area contributed by atoms with Crippen LogP contribution in [0.3, 0.4) is 0 Å². The van der Waals surface area contributed by atoms with Gasteiger partial charge in [0, 0.05) is 17.5 Å². The molecule has 5 nitrogen and oxygen atoms in total. The Morgan fingerprint density at radius 2 is 1.84 bits per heavy atom. The number of carbonyl (C=O) groups is 2. The summed E-state index contributed by atoms with van der Waals surface area (Å²) in [4.78, 5) is 23.9. The first-order valence-electron chi connectivity index (χ1n) is 7.93. The second-order valence-electron chi connectivity index (χ2n) is 7.10. The summed E-state index contributed by atoms with van der Waals surface area (Å²) >= 11 is 0. The normalized spacial score (nSPS) is 23.8. The third kappa shape index (κ3) is 4.43. The van der Waals surface area contributed by atoms with E-state index in [0.29, 0.717) is 6.07 Å². The zero-order chi connectivity index (χ0) is 18.9. The van der Waals surface area contributed by atoms with Gasteiger partial charge in [0.05, 0.1) is 0 Å². The molecule has 0 spiro atoms. The monoisotopic (exact) mass is 358 g/mol. The summed E-state index contributed by atoms with van der Waals surface area (Å²) < 4.78 is 46.7. The van der Waals surface area contributed by atoms with Crippen molar-refractivity contribution in [3.05, 3.63) is 35.1 Å². The minimum atomic E-state index is -1.29. The van der Waals surface area contributed by atoms with Gasteiger partial charge in [-0.3, -0.25) is 4.79 Å². The van der Waals surface area contributed by atoms with Crippen molar-refractivity contribution in [3.8, 4) is 0 Å². The van der Waals surface area contributed by atoms with Crippen LogP contribution in [0, 0.1) is 17.5 Å². The van der Waals surface area contributed by atoms with Gasteiger partial charge in [-0.05, 0) is 46.2 Å². The Morgan fingerprint density at radius 1 is 1.24 bits per heavy atom. The molecule has 1 heterocycles. The molecule has 3 unspecified atom stereocenters. The minimum Gasteiger partial charge on any atom is -0.444 e. The van der Waals surface area contributed by atoms with Crippen molar-refractivity contribution < 1.29 is 27.5 Å². The number of amides is 2. The van der Waals surface area contributed by atoms with Crippen LogP contribution in [0.2, 0.25) is 0 Å². The quantitative estimate of drug-likeness (QED) is 0.799. The van der Waals surface area contributed by atoms with Crippen molar-refractivity contribution in [1.82, 2.24) is 10.6 Å². The number of piperidine rings is 1. The molecule has 25 heavy (non-hydrogen) atoms. The fourth-order valence-corrected chi connectivity index (χ4v) is 2.82. The predicted octanol–water partition coefficient (Wildman–Crippen LogP) is 2.99. The lowest BCUT2D eigenvalue weighted by Gasteiger charge is -2.35. The fraction of sp³-hybridized carbons (Fsp3) is 0.529. The second-order valence-corrected chi connectivity index (χ2v) is 7.10. The Kier molecular flexibility index (Phi) is 5.29. The Labute approximate surface area is 143 Å². The van der Waals surface area contributed by atoms with Crippen molar-refractivity contribution in [3.63, 3.8) is 0 Å². The molecule has 2 N–H and O–H groups in total. The van der Waals surface area contributed by atoms with Crippen LogP contribution in [0.15, 0.2) is 12.1 Å². The van der Waals surface area contributed by atoms with Gasteiger partial charge in [0.1, 0.15) is 17.5 Å². The number of benzene rings is 1. The van der Waals surface area contributed by atoms with Crippen LogP contribution in [0.25, 0.3) is 0 Å². The molecule has 2 amide bonds. The van der Waals surface area contributed by atoms with E-state index in [9.17, 15) is 22.8 Å². The molecular formula is C17H21F3N2O3. The number of hydrogen-bond donors (Lipinski definition) is 2. The molecule has 1 aliphatic rings. The van der Waals surface area contributed by atoms with E-state index in [1.165, 1.54) is 0 Å². The molecule has 0 aliphatic carbocycles. The van der Waals surface area contributed by atoms with Crippen molar-refractivity contribution in [2.75, 3.05) is 0 Å². The highest BCUT2D eigenvalue weighted by Gasteiger charge is 2.38. The predicted molar refractivity (Wildman–Crippen MR) is 84.4 cm³/mol. The van der Waals surface area contributed by atoms with E-state index in [0.717, 1.165) is 6.07 Å². The summed E-state index contributed by atoms with van der Waals surface area (Å²) in [6, 6.07) is -0.128. The SMILES string of the molecule is CC1NC(=O)C(NC(=O)OC(C)(C)C)CC1c1c(F)ccc(F)c1F. The van der Waals surface area contributed by atoms with Gasteiger partial charge in [0.2, 0.25) is 5.91 Å². The van der Waals surface area contributed by atoms with Gasteiger partial charge in [0.15, 0.2) is 11.6 Å². The standard InChI is InChI=1S/C17H21F3N2O3/c1-8-9(13-10(18)5-6-11(19)14(13)20)7-12(15(23)21-8)22-16(24)25-17(2,3)4/h5-6,8-9,12H,7H2,1-4H3,(H,21,23)(H,22,24). The summed E-state index contributed by atoms with van der Waals surface area (Å²) in [5, 5.41) is 4.94. The zero-order valence-corrected chi connectivity index (χ0v) is 14.5. The summed E-state index contributed by atoms with van der Waals surface area (Å²) in [7, 11) is 0. The van der Waals surface area contributed by atoms with Crippen LogP contribution in [-0.4, -0.2) is 29.7 Å². The van der Waals surface area contributed by atoms with E-state index < -0.39 is 58.6 Å². The van der Waals surface area contributed by atoms with E-state index in [4.69, 9.17) is 4.74 Å². The van der Waals surface area contributed by atoms with Gasteiger partial charge in [-0.15, -0.1) is 0 Å². The summed E-state index contributed by atoms with van der Waals surface area (Å²) in [5.41, 5.74) is -1.20. The maximum absolute atomic E-state index is 14.1. The van der Waals surface area contributed by atoms with Crippen molar-refractivity contribution in [1.29, 1.82) is 0 Å². The van der Waals surface area contributed by atoms with E-state index in [2.05, 4.69) is 10.6 Å². The molecule has 0 radical (unpaired) electrons. The van der Waals surface area contributed by atoms with E-state index in [1.54, 1.807) is 27.7 Å². The number of carbonyl (C=O) groups excluding carboxylic acids is 2. The Hall–Kier alpha value is -2.25. The lowest BCUT2D eigenvalue weighted by Crippen LogP contribution is -2.56. The Balaban J connectivity index is 2.23. The Morgan fingerprint density at radius 3 is 2.44 bits per heavy atom. The van der Waals surface area contributed by atoms with Crippen molar-refractivity contribution >= 4 is 12.0 Å². The molecule has 1 aromatic rings. The van der Waals surface area contributed by atoms with Crippen LogP contribution in [0.4, 0.5) is 18.0 Å². The molecule has 0 saturated carbocycles. The molecule has 2 rings (SSSR count). The number of nitrogens with one attached hydrogen (secondary N) is 2. The highest BCUT2D eigenvalue weighted by atomic mass is 19.2. The van der Waals surface area contributed by atoms with Crippen LogP contribution in [0.1, 0.15) is 45.6 Å². The van der Waals surface area contributed by atoms with Crippen LogP contribution < -0.4 is 10.6 Å². The zero-order valence-electron chi connectivity index (χ0n) is 14.5. The highest BCUT2D eigenvalue weighted by Crippen LogP contribution is 2.33. The van der Waals surface area contributed by atoms with Gasteiger partial charge in [-0.25, -0.2) is 18.0 Å². The van der Waals surface area contributed by atoms with Gasteiger partial charge in [-0.2, -0.15) is 0 Å². The molecule has 1 aliphatic heterocycles. The van der Waals surface area contributed by atoms with Gasteiger partial charge < -0.3 is 15.4 Å². The average molecular weight is 358 g/mol. The van der Waals surface area contributed by atoms with Crippen LogP contribution in [0.5, 0.6) is 0 Å². The summed E-state index contributed by atoms with van der Waals surface area (Å²) in [6.07, 6.45) is -0.898. The first kappa shape index (κ1) is 19.1. The van der Waals surface area contributed by atoms with Gasteiger partial charge in [-0.1, -0.05) is 0 Å². The van der Waals surface area contributed by atoms with Crippen LogP contribution in [-0.2, 0) is 9.53 Å². The number of rotatable bonds is 2. The van der Waals surface area contributed by atoms with E-state index in [-0.39, 0.29) is 6.42 Å². The number of alkyl carbamates (subject to hydrolysis) is 1. The van der Waals surface area contributed by atoms with Crippen molar-refractivity contribution in [2.45, 2.75) is 57.7 Å². The van der Waals surface area contributed by atoms with Crippen molar-refractivity contribution in [2.24, 2.45) is 0 Å². The van der Waals surface area contributed by atoms with Gasteiger partial charge in [0.25, 0.3) is 0 Å². The Bertz CT molecular complexity index is 688. The fourth-order valence-electron chi connectivity index (χ4n) is 2.82. The third-order valence-corrected chi connectivity index (χ3v) is 3.92. The molecule has 0 bridgehead atoms. The molecule has 1 saturated heterocycles. The van der Waals surface area contributed by atoms with Gasteiger partial charge >= 0.3 is 6.09 Å². The maximum atomic E-state index is 14.1. The summed E-state index contributed by atoms with van der Waals surface area (Å²) in [5.74, 6) is -4.69. The lowest BCUT2D eigenvalue weighted by atomic mass is 9.82. The molecule has 138 valence electrons. The van der Waals surface area contributed by atoms with E-state index in [1.807, 2.05) is 0 Å². The molecular weight excluding hydrogens is 337 g/mol. The topological polar surface area (TPSA) is 67.4 Å². The maximum Gasteiger partial charge on any atom is 0.408 e. The van der Waals surface area contributed by atoms with Crippen LogP contribution >= 0.6 is 0 Å². The summed E-state index contributed by atoms with van der Waals surface area (Å²) in [6.45, 7) is 6.55. The second kappa shape index (κ2) is 6.93. The molecule has 1 fully saturated rings. The number of hydrogen-bond acceptors (Lipinski definition) is 3. The smallest absolute Gasteiger partial charge is 0.408 e. The molecule has 8 heteroatoms. The average Bonchev–Trinajstić information content (AvgIpc) is 2.46. The molecule has 3 atom stereocenters. The largest absolute Gasteiger partial charge is 0.444 e. The molecule has 1 aromatic carbocycles. The third-order valence-electron chi connectivity index (χ3n) is 3.92. The first-order valence-corrected chi connectivity index (χ1v) is 7.93. The number of halogens is 3. The minimum absolute atomic E-state index is 0.0798. The highest BCUT2D eigenvalue weighted by molar-refractivity contribution is 5.86.